The first-order chi connectivity index (χ1) is 10.1. The molecule has 5 nitrogen and oxygen atoms in total. The third-order valence-electron chi connectivity index (χ3n) is 3.60. The molecule has 0 radical (unpaired) electrons. The van der Waals surface area contributed by atoms with Gasteiger partial charge in [0.2, 0.25) is 0 Å². The minimum atomic E-state index is -0.617. The predicted molar refractivity (Wildman–Crippen MR) is 76.7 cm³/mol. The summed E-state index contributed by atoms with van der Waals surface area (Å²) in [5.41, 5.74) is 1.88. The number of ether oxygens (including phenoxy) is 2. The molecule has 0 unspecified atom stereocenters. The summed E-state index contributed by atoms with van der Waals surface area (Å²) in [5.74, 6) is -1.53. The summed E-state index contributed by atoms with van der Waals surface area (Å²) in [7, 11) is 0. The number of aromatic hydroxyl groups is 1. The third kappa shape index (κ3) is 3.01. The van der Waals surface area contributed by atoms with Gasteiger partial charge in [-0.25, -0.2) is 9.59 Å². The van der Waals surface area contributed by atoms with Gasteiger partial charge in [-0.15, -0.1) is 0 Å². The molecule has 0 aromatic heterocycles. The maximum atomic E-state index is 12.1. The molecule has 0 atom stereocenters. The maximum absolute atomic E-state index is 12.1. The molecule has 0 saturated carbocycles. The molecule has 1 N–H and O–H groups in total. The fourth-order valence-corrected chi connectivity index (χ4v) is 2.68. The van der Waals surface area contributed by atoms with Gasteiger partial charge in [0, 0.05) is 0 Å². The first kappa shape index (κ1) is 15.4. The fraction of sp³-hybridized carbons (Fsp3) is 0.500. The first-order valence-electron chi connectivity index (χ1n) is 7.32. The predicted octanol–water partition coefficient (Wildman–Crippen LogP) is 2.62. The van der Waals surface area contributed by atoms with Crippen molar-refractivity contribution >= 4 is 11.9 Å². The van der Waals surface area contributed by atoms with Crippen molar-refractivity contribution in [3.63, 3.8) is 0 Å². The number of esters is 2. The molecular formula is C16H20O5. The van der Waals surface area contributed by atoms with Gasteiger partial charge in [0.15, 0.2) is 0 Å². The number of aryl methyl sites for hydroxylation is 1. The van der Waals surface area contributed by atoms with Crippen LogP contribution in [0.4, 0.5) is 0 Å². The number of hydrogen-bond acceptors (Lipinski definition) is 5. The molecule has 21 heavy (non-hydrogen) atoms. The number of fused-ring (bicyclic) bond motifs is 1. The summed E-state index contributed by atoms with van der Waals surface area (Å²) in [4.78, 5) is 24.1. The molecule has 114 valence electrons. The molecule has 0 fully saturated rings. The van der Waals surface area contributed by atoms with Crippen LogP contribution in [0.3, 0.4) is 0 Å². The fourth-order valence-electron chi connectivity index (χ4n) is 2.68. The number of phenols is 1. The standard InChI is InChI=1S/C16H20O5/c1-3-20-15(18)12-9-10-7-5-6-8-11(10)13(14(12)17)16(19)21-4-2/h9,17H,3-8H2,1-2H3. The molecule has 1 aliphatic rings. The van der Waals surface area contributed by atoms with Gasteiger partial charge in [0.25, 0.3) is 0 Å². The van der Waals surface area contributed by atoms with Crippen LogP contribution in [0.2, 0.25) is 0 Å². The van der Waals surface area contributed by atoms with Gasteiger partial charge in [-0.1, -0.05) is 0 Å². The van der Waals surface area contributed by atoms with Gasteiger partial charge in [-0.3, -0.25) is 0 Å². The van der Waals surface area contributed by atoms with E-state index in [1.54, 1.807) is 19.9 Å². The summed E-state index contributed by atoms with van der Waals surface area (Å²) >= 11 is 0. The van der Waals surface area contributed by atoms with Crippen LogP contribution in [-0.2, 0) is 22.3 Å². The van der Waals surface area contributed by atoms with Gasteiger partial charge in [0.1, 0.15) is 16.9 Å². The summed E-state index contributed by atoms with van der Waals surface area (Å²) in [5, 5.41) is 10.3. The number of rotatable bonds is 4. The Bertz CT molecular complexity index is 562. The van der Waals surface area contributed by atoms with E-state index in [1.165, 1.54) is 0 Å². The van der Waals surface area contributed by atoms with Crippen molar-refractivity contribution < 1.29 is 24.2 Å². The molecule has 1 aliphatic carbocycles. The van der Waals surface area contributed by atoms with Crippen molar-refractivity contribution in [3.05, 3.63) is 28.3 Å². The Kier molecular flexibility index (Phi) is 4.83. The Balaban J connectivity index is 2.56. The quantitative estimate of drug-likeness (QED) is 0.864. The summed E-state index contributed by atoms with van der Waals surface area (Å²) in [6.07, 6.45) is 3.45. The van der Waals surface area contributed by atoms with Gasteiger partial charge in [-0.05, 0) is 56.7 Å². The van der Waals surface area contributed by atoms with Crippen LogP contribution in [0.25, 0.3) is 0 Å². The van der Waals surface area contributed by atoms with Gasteiger partial charge >= 0.3 is 11.9 Å². The molecule has 0 heterocycles. The molecule has 2 rings (SSSR count). The Morgan fingerprint density at radius 3 is 2.38 bits per heavy atom. The van der Waals surface area contributed by atoms with Crippen molar-refractivity contribution in [1.82, 2.24) is 0 Å². The van der Waals surface area contributed by atoms with Crippen LogP contribution in [0.15, 0.2) is 6.07 Å². The van der Waals surface area contributed by atoms with Crippen LogP contribution < -0.4 is 0 Å². The van der Waals surface area contributed by atoms with Crippen molar-refractivity contribution in [1.29, 1.82) is 0 Å². The molecule has 5 heteroatoms. The second-order valence-electron chi connectivity index (χ2n) is 4.93. The van der Waals surface area contributed by atoms with Gasteiger partial charge < -0.3 is 14.6 Å². The summed E-state index contributed by atoms with van der Waals surface area (Å²) < 4.78 is 9.96. The highest BCUT2D eigenvalue weighted by atomic mass is 16.5. The smallest absolute Gasteiger partial charge is 0.342 e. The Labute approximate surface area is 123 Å². The number of carbonyl (C=O) groups excluding carboxylic acids is 2. The lowest BCUT2D eigenvalue weighted by molar-refractivity contribution is 0.0517. The molecule has 1 aromatic rings. The molecule has 0 amide bonds. The van der Waals surface area contributed by atoms with E-state index in [9.17, 15) is 14.7 Å². The van der Waals surface area contributed by atoms with Crippen LogP contribution in [-0.4, -0.2) is 30.3 Å². The zero-order chi connectivity index (χ0) is 15.4. The van der Waals surface area contributed by atoms with Crippen molar-refractivity contribution in [2.45, 2.75) is 39.5 Å². The lowest BCUT2D eigenvalue weighted by Gasteiger charge is -2.21. The van der Waals surface area contributed by atoms with E-state index in [-0.39, 0.29) is 30.1 Å². The summed E-state index contributed by atoms with van der Waals surface area (Å²) in [6.45, 7) is 3.83. The molecular weight excluding hydrogens is 272 g/mol. The highest BCUT2D eigenvalue weighted by Gasteiger charge is 2.28. The maximum Gasteiger partial charge on any atom is 0.342 e. The van der Waals surface area contributed by atoms with Crippen molar-refractivity contribution in [2.24, 2.45) is 0 Å². The Morgan fingerprint density at radius 2 is 1.71 bits per heavy atom. The second kappa shape index (κ2) is 6.61. The van der Waals surface area contributed by atoms with E-state index >= 15 is 0 Å². The summed E-state index contributed by atoms with van der Waals surface area (Å²) in [6, 6.07) is 1.64. The van der Waals surface area contributed by atoms with E-state index in [4.69, 9.17) is 9.47 Å². The van der Waals surface area contributed by atoms with Gasteiger partial charge in [0.05, 0.1) is 13.2 Å². The number of phenolic OH excluding ortho intramolecular Hbond substituents is 1. The highest BCUT2D eigenvalue weighted by molar-refractivity contribution is 6.01. The second-order valence-corrected chi connectivity index (χ2v) is 4.93. The lowest BCUT2D eigenvalue weighted by atomic mass is 9.86. The van der Waals surface area contributed by atoms with E-state index in [1.807, 2.05) is 0 Å². The minimum Gasteiger partial charge on any atom is -0.506 e. The van der Waals surface area contributed by atoms with E-state index in [2.05, 4.69) is 0 Å². The number of hydrogen-bond donors (Lipinski definition) is 1. The SMILES string of the molecule is CCOC(=O)c1cc2c(c(C(=O)OCC)c1O)CCCC2. The third-order valence-corrected chi connectivity index (χ3v) is 3.60. The average Bonchev–Trinajstić information content (AvgIpc) is 2.47. The normalized spacial score (nSPS) is 13.4. The van der Waals surface area contributed by atoms with Crippen molar-refractivity contribution in [2.75, 3.05) is 13.2 Å². The topological polar surface area (TPSA) is 72.8 Å². The largest absolute Gasteiger partial charge is 0.506 e. The number of benzene rings is 1. The van der Waals surface area contributed by atoms with Crippen LogP contribution >= 0.6 is 0 Å². The zero-order valence-electron chi connectivity index (χ0n) is 12.4. The minimum absolute atomic E-state index is 0.0422. The molecule has 0 spiro atoms. The lowest BCUT2D eigenvalue weighted by Crippen LogP contribution is -2.17. The molecule has 0 aliphatic heterocycles. The van der Waals surface area contributed by atoms with E-state index in [0.29, 0.717) is 6.42 Å². The van der Waals surface area contributed by atoms with Crippen LogP contribution in [0.1, 0.15) is 58.5 Å². The molecule has 0 bridgehead atoms. The van der Waals surface area contributed by atoms with Crippen LogP contribution in [0, 0.1) is 0 Å². The highest BCUT2D eigenvalue weighted by Crippen LogP contribution is 2.34. The number of carbonyl (C=O) groups is 2. The monoisotopic (exact) mass is 292 g/mol. The van der Waals surface area contributed by atoms with Gasteiger partial charge in [-0.2, -0.15) is 0 Å². The molecule has 0 saturated heterocycles. The molecule has 1 aromatic carbocycles. The van der Waals surface area contributed by atoms with Crippen molar-refractivity contribution in [3.8, 4) is 5.75 Å². The van der Waals surface area contributed by atoms with Crippen LogP contribution in [0.5, 0.6) is 5.75 Å². The first-order valence-corrected chi connectivity index (χ1v) is 7.32. The average molecular weight is 292 g/mol. The Morgan fingerprint density at radius 1 is 1.10 bits per heavy atom. The Hall–Kier alpha value is -2.04. The zero-order valence-corrected chi connectivity index (χ0v) is 12.4. The van der Waals surface area contributed by atoms with E-state index in [0.717, 1.165) is 30.4 Å². The van der Waals surface area contributed by atoms with E-state index < -0.39 is 11.9 Å².